The van der Waals surface area contributed by atoms with E-state index in [-0.39, 0.29) is 0 Å². The monoisotopic (exact) mass is 189 g/mol. The topological polar surface area (TPSA) is 46.2 Å². The van der Waals surface area contributed by atoms with Gasteiger partial charge in [0.2, 0.25) is 0 Å². The highest BCUT2D eigenvalue weighted by Crippen LogP contribution is 2.23. The summed E-state index contributed by atoms with van der Waals surface area (Å²) < 4.78 is 0. The molecule has 0 radical (unpaired) electrons. The lowest BCUT2D eigenvalue weighted by Crippen LogP contribution is -2.01. The third kappa shape index (κ3) is 2.79. The minimum absolute atomic E-state index is 0.496. The number of nitrogens with two attached hydrogens (primary N) is 1. The molecule has 0 saturated heterocycles. The van der Waals surface area contributed by atoms with Crippen molar-refractivity contribution in [2.45, 2.75) is 25.4 Å². The van der Waals surface area contributed by atoms with E-state index in [1.807, 2.05) is 18.2 Å². The molecule has 0 heterocycles. The third-order valence-corrected chi connectivity index (χ3v) is 2.15. The summed E-state index contributed by atoms with van der Waals surface area (Å²) in [6, 6.07) is 7.36. The lowest BCUT2D eigenvalue weighted by molar-refractivity contribution is 0.166. The second kappa shape index (κ2) is 5.31. The maximum Gasteiger partial charge on any atom is 0.0810 e. The highest BCUT2D eigenvalue weighted by atomic mass is 16.3. The molecule has 2 heteroatoms. The van der Waals surface area contributed by atoms with Crippen LogP contribution in [0.3, 0.4) is 0 Å². The van der Waals surface area contributed by atoms with Crippen LogP contribution in [0.25, 0.3) is 0 Å². The van der Waals surface area contributed by atoms with Crippen molar-refractivity contribution < 1.29 is 5.11 Å². The lowest BCUT2D eigenvalue weighted by Gasteiger charge is -2.12. The van der Waals surface area contributed by atoms with E-state index in [1.165, 1.54) is 0 Å². The van der Waals surface area contributed by atoms with Crippen molar-refractivity contribution >= 4 is 5.69 Å². The molecular formula is C12H15NO. The molecular weight excluding hydrogens is 174 g/mol. The number of aliphatic hydroxyl groups is 1. The number of aliphatic hydroxyl groups excluding tert-OH is 1. The molecule has 0 spiro atoms. The van der Waals surface area contributed by atoms with Gasteiger partial charge in [-0.15, -0.1) is 12.3 Å². The van der Waals surface area contributed by atoms with Crippen molar-refractivity contribution in [2.75, 3.05) is 5.73 Å². The minimum atomic E-state index is -0.496. The van der Waals surface area contributed by atoms with Gasteiger partial charge < -0.3 is 10.8 Å². The first kappa shape index (κ1) is 10.6. The number of nitrogen functional groups attached to an aromatic ring is 1. The van der Waals surface area contributed by atoms with Crippen molar-refractivity contribution in [3.8, 4) is 12.3 Å². The fourth-order valence-corrected chi connectivity index (χ4v) is 1.37. The van der Waals surface area contributed by atoms with Gasteiger partial charge >= 0.3 is 0 Å². The molecule has 14 heavy (non-hydrogen) atoms. The quantitative estimate of drug-likeness (QED) is 0.433. The average Bonchev–Trinajstić information content (AvgIpc) is 2.18. The lowest BCUT2D eigenvalue weighted by atomic mass is 10.0. The van der Waals surface area contributed by atoms with Gasteiger partial charge in [0, 0.05) is 17.7 Å². The molecule has 0 aromatic heterocycles. The zero-order valence-electron chi connectivity index (χ0n) is 8.11. The molecule has 3 N–H and O–H groups in total. The van der Waals surface area contributed by atoms with Crippen LogP contribution in [0.2, 0.25) is 0 Å². The first-order valence-electron chi connectivity index (χ1n) is 4.71. The van der Waals surface area contributed by atoms with Crippen LogP contribution in [-0.2, 0) is 0 Å². The molecule has 0 amide bonds. The predicted octanol–water partition coefficient (Wildman–Crippen LogP) is 2.11. The Labute approximate surface area is 84.8 Å². The van der Waals surface area contributed by atoms with Crippen molar-refractivity contribution in [3.05, 3.63) is 29.8 Å². The van der Waals surface area contributed by atoms with Crippen molar-refractivity contribution in [2.24, 2.45) is 0 Å². The standard InChI is InChI=1S/C12H15NO/c1-2-3-4-9-12(14)10-7-5-6-8-11(10)13/h1,5-8,12,14H,3-4,9,13H2. The van der Waals surface area contributed by atoms with Gasteiger partial charge in [-0.05, 0) is 18.9 Å². The number of anilines is 1. The molecule has 0 aliphatic heterocycles. The number of terminal acetylenes is 1. The van der Waals surface area contributed by atoms with E-state index in [4.69, 9.17) is 12.2 Å². The maximum atomic E-state index is 9.78. The second-order valence-electron chi connectivity index (χ2n) is 3.24. The van der Waals surface area contributed by atoms with Gasteiger partial charge in [0.15, 0.2) is 0 Å². The average molecular weight is 189 g/mol. The summed E-state index contributed by atoms with van der Waals surface area (Å²) in [5, 5.41) is 9.78. The molecule has 1 aromatic rings. The summed E-state index contributed by atoms with van der Waals surface area (Å²) >= 11 is 0. The van der Waals surface area contributed by atoms with Crippen LogP contribution >= 0.6 is 0 Å². The molecule has 0 bridgehead atoms. The summed E-state index contributed by atoms with van der Waals surface area (Å²) in [6.07, 6.45) is 6.82. The van der Waals surface area contributed by atoms with Crippen LogP contribution < -0.4 is 5.73 Å². The van der Waals surface area contributed by atoms with E-state index in [0.717, 1.165) is 12.0 Å². The Hall–Kier alpha value is -1.46. The molecule has 1 unspecified atom stereocenters. The fourth-order valence-electron chi connectivity index (χ4n) is 1.37. The van der Waals surface area contributed by atoms with Gasteiger partial charge in [0.1, 0.15) is 0 Å². The molecule has 0 fully saturated rings. The first-order valence-corrected chi connectivity index (χ1v) is 4.71. The van der Waals surface area contributed by atoms with Crippen LogP contribution in [0.15, 0.2) is 24.3 Å². The summed E-state index contributed by atoms with van der Waals surface area (Å²) in [7, 11) is 0. The molecule has 0 aliphatic carbocycles. The van der Waals surface area contributed by atoms with E-state index < -0.39 is 6.10 Å². The Morgan fingerprint density at radius 3 is 2.79 bits per heavy atom. The summed E-state index contributed by atoms with van der Waals surface area (Å²) in [5.41, 5.74) is 7.16. The van der Waals surface area contributed by atoms with E-state index in [2.05, 4.69) is 5.92 Å². The van der Waals surface area contributed by atoms with Crippen LogP contribution in [0.5, 0.6) is 0 Å². The van der Waals surface area contributed by atoms with Gasteiger partial charge in [-0.1, -0.05) is 18.2 Å². The van der Waals surface area contributed by atoms with Crippen molar-refractivity contribution in [1.82, 2.24) is 0 Å². The Morgan fingerprint density at radius 2 is 2.14 bits per heavy atom. The summed E-state index contributed by atoms with van der Waals surface area (Å²) in [6.45, 7) is 0. The SMILES string of the molecule is C#CCCCC(O)c1ccccc1N. The zero-order chi connectivity index (χ0) is 10.4. The minimum Gasteiger partial charge on any atom is -0.398 e. The fraction of sp³-hybridized carbons (Fsp3) is 0.333. The zero-order valence-corrected chi connectivity index (χ0v) is 8.11. The number of hydrogen-bond acceptors (Lipinski definition) is 2. The van der Waals surface area contributed by atoms with E-state index in [1.54, 1.807) is 6.07 Å². The van der Waals surface area contributed by atoms with E-state index in [0.29, 0.717) is 18.5 Å². The molecule has 0 aliphatic rings. The molecule has 1 atom stereocenters. The maximum absolute atomic E-state index is 9.78. The number of para-hydroxylation sites is 1. The number of unbranched alkanes of at least 4 members (excludes halogenated alkanes) is 1. The highest BCUT2D eigenvalue weighted by molar-refractivity contribution is 5.47. The number of benzene rings is 1. The Bertz CT molecular complexity index is 327. The van der Waals surface area contributed by atoms with E-state index >= 15 is 0 Å². The predicted molar refractivity (Wildman–Crippen MR) is 58.5 cm³/mol. The smallest absolute Gasteiger partial charge is 0.0810 e. The van der Waals surface area contributed by atoms with Gasteiger partial charge in [0.05, 0.1) is 6.10 Å². The highest BCUT2D eigenvalue weighted by Gasteiger charge is 2.08. The van der Waals surface area contributed by atoms with Gasteiger partial charge in [-0.3, -0.25) is 0 Å². The third-order valence-electron chi connectivity index (χ3n) is 2.15. The molecule has 1 aromatic carbocycles. The van der Waals surface area contributed by atoms with Gasteiger partial charge in [-0.2, -0.15) is 0 Å². The summed E-state index contributed by atoms with van der Waals surface area (Å²) in [5.74, 6) is 2.55. The molecule has 2 nitrogen and oxygen atoms in total. The Balaban J connectivity index is 2.57. The summed E-state index contributed by atoms with van der Waals surface area (Å²) in [4.78, 5) is 0. The van der Waals surface area contributed by atoms with Crippen LogP contribution in [-0.4, -0.2) is 5.11 Å². The van der Waals surface area contributed by atoms with E-state index in [9.17, 15) is 5.11 Å². The van der Waals surface area contributed by atoms with Gasteiger partial charge in [0.25, 0.3) is 0 Å². The molecule has 74 valence electrons. The first-order chi connectivity index (χ1) is 6.75. The Kier molecular flexibility index (Phi) is 4.03. The largest absolute Gasteiger partial charge is 0.398 e. The normalized spacial score (nSPS) is 12.0. The number of hydrogen-bond donors (Lipinski definition) is 2. The van der Waals surface area contributed by atoms with Crippen LogP contribution in [0.1, 0.15) is 30.9 Å². The number of rotatable bonds is 4. The van der Waals surface area contributed by atoms with Crippen molar-refractivity contribution in [1.29, 1.82) is 0 Å². The Morgan fingerprint density at radius 1 is 1.43 bits per heavy atom. The van der Waals surface area contributed by atoms with Crippen LogP contribution in [0, 0.1) is 12.3 Å². The van der Waals surface area contributed by atoms with Crippen molar-refractivity contribution in [3.63, 3.8) is 0 Å². The second-order valence-corrected chi connectivity index (χ2v) is 3.24. The van der Waals surface area contributed by atoms with Crippen LogP contribution in [0.4, 0.5) is 5.69 Å². The molecule has 1 rings (SSSR count). The van der Waals surface area contributed by atoms with Gasteiger partial charge in [-0.25, -0.2) is 0 Å². The molecule has 0 saturated carbocycles.